The van der Waals surface area contributed by atoms with Gasteiger partial charge in [-0.15, -0.1) is 0 Å². The third kappa shape index (κ3) is 6.27. The molecule has 2 aliphatic rings. The first-order valence-corrected chi connectivity index (χ1v) is 11.4. The molecule has 162 valence electrons. The largest absolute Gasteiger partial charge is 0.383 e. The fraction of sp³-hybridized carbons (Fsp3) is 0.708. The lowest BCUT2D eigenvalue weighted by molar-refractivity contribution is -0.127. The molecule has 0 bridgehead atoms. The van der Waals surface area contributed by atoms with E-state index in [0.717, 1.165) is 38.9 Å². The zero-order valence-corrected chi connectivity index (χ0v) is 18.5. The number of nitrogens with one attached hydrogen (secondary N) is 1. The number of amides is 1. The molecule has 0 aliphatic carbocycles. The number of methoxy groups -OCH3 is 1. The maximum atomic E-state index is 12.6. The van der Waals surface area contributed by atoms with Crippen molar-refractivity contribution < 1.29 is 9.53 Å². The highest BCUT2D eigenvalue weighted by molar-refractivity contribution is 5.79. The Labute approximate surface area is 176 Å². The number of rotatable bonds is 8. The lowest BCUT2D eigenvalue weighted by atomic mass is 9.92. The predicted molar refractivity (Wildman–Crippen MR) is 118 cm³/mol. The summed E-state index contributed by atoms with van der Waals surface area (Å²) < 4.78 is 5.21. The van der Waals surface area contributed by atoms with Crippen LogP contribution < -0.4 is 5.32 Å². The van der Waals surface area contributed by atoms with Gasteiger partial charge in [0.1, 0.15) is 0 Å². The Morgan fingerprint density at radius 2 is 1.83 bits per heavy atom. The first-order valence-electron chi connectivity index (χ1n) is 11.4. The van der Waals surface area contributed by atoms with E-state index in [2.05, 4.69) is 53.2 Å². The van der Waals surface area contributed by atoms with Crippen molar-refractivity contribution >= 4 is 5.91 Å². The Kier molecular flexibility index (Phi) is 8.52. The van der Waals surface area contributed by atoms with Crippen LogP contribution in [-0.2, 0) is 16.1 Å². The van der Waals surface area contributed by atoms with Gasteiger partial charge in [0.05, 0.1) is 12.6 Å². The van der Waals surface area contributed by atoms with E-state index in [0.29, 0.717) is 12.6 Å². The fourth-order valence-corrected chi connectivity index (χ4v) is 4.78. The highest BCUT2D eigenvalue weighted by Gasteiger charge is 2.31. The number of carbonyl (C=O) groups excluding carboxylic acids is 1. The summed E-state index contributed by atoms with van der Waals surface area (Å²) in [6.45, 7) is 10.4. The average molecular weight is 402 g/mol. The zero-order chi connectivity index (χ0) is 20.6. The summed E-state index contributed by atoms with van der Waals surface area (Å²) in [5.41, 5.74) is 2.85. The average Bonchev–Trinajstić information content (AvgIpc) is 2.75. The monoisotopic (exact) mass is 401 g/mol. The van der Waals surface area contributed by atoms with Crippen molar-refractivity contribution in [2.45, 2.75) is 64.6 Å². The Balaban J connectivity index is 1.39. The van der Waals surface area contributed by atoms with E-state index >= 15 is 0 Å². The summed E-state index contributed by atoms with van der Waals surface area (Å²) in [7, 11) is 1.69. The van der Waals surface area contributed by atoms with E-state index < -0.39 is 0 Å². The van der Waals surface area contributed by atoms with E-state index in [4.69, 9.17) is 4.74 Å². The van der Waals surface area contributed by atoms with Gasteiger partial charge in [0.15, 0.2) is 0 Å². The molecule has 0 radical (unpaired) electrons. The van der Waals surface area contributed by atoms with Gasteiger partial charge in [-0.3, -0.25) is 9.69 Å². The van der Waals surface area contributed by atoms with Crippen molar-refractivity contribution in [1.82, 2.24) is 15.1 Å². The molecular formula is C24H39N3O2. The zero-order valence-electron chi connectivity index (χ0n) is 18.5. The lowest BCUT2D eigenvalue weighted by Crippen LogP contribution is -2.50. The molecule has 2 heterocycles. The number of aryl methyl sites for hydroxylation is 1. The maximum absolute atomic E-state index is 12.6. The van der Waals surface area contributed by atoms with Crippen LogP contribution in [0.1, 0.15) is 50.2 Å². The third-order valence-electron chi connectivity index (χ3n) is 6.84. The van der Waals surface area contributed by atoms with Gasteiger partial charge >= 0.3 is 0 Å². The van der Waals surface area contributed by atoms with Crippen molar-refractivity contribution in [3.05, 3.63) is 35.4 Å². The second kappa shape index (κ2) is 11.1. The lowest BCUT2D eigenvalue weighted by Gasteiger charge is -2.41. The fourth-order valence-electron chi connectivity index (χ4n) is 4.78. The maximum Gasteiger partial charge on any atom is 0.223 e. The third-order valence-corrected chi connectivity index (χ3v) is 6.84. The molecule has 5 heteroatoms. The van der Waals surface area contributed by atoms with Gasteiger partial charge in [-0.1, -0.05) is 31.2 Å². The van der Waals surface area contributed by atoms with Crippen molar-refractivity contribution in [3.63, 3.8) is 0 Å². The van der Waals surface area contributed by atoms with Gasteiger partial charge in [-0.2, -0.15) is 0 Å². The number of benzene rings is 1. The normalized spacial score (nSPS) is 21.2. The van der Waals surface area contributed by atoms with E-state index in [1.165, 1.54) is 37.1 Å². The first-order chi connectivity index (χ1) is 14.1. The van der Waals surface area contributed by atoms with Crippen LogP contribution in [0.3, 0.4) is 0 Å². The number of piperidine rings is 2. The second-order valence-electron chi connectivity index (χ2n) is 8.81. The molecule has 29 heavy (non-hydrogen) atoms. The molecule has 0 unspecified atom stereocenters. The van der Waals surface area contributed by atoms with Crippen LogP contribution in [0.25, 0.3) is 0 Å². The highest BCUT2D eigenvalue weighted by atomic mass is 16.5. The van der Waals surface area contributed by atoms with Crippen molar-refractivity contribution in [2.24, 2.45) is 5.92 Å². The van der Waals surface area contributed by atoms with E-state index in [9.17, 15) is 4.79 Å². The smallest absolute Gasteiger partial charge is 0.223 e. The molecule has 1 aromatic rings. The van der Waals surface area contributed by atoms with Gasteiger partial charge in [-0.05, 0) is 76.3 Å². The molecule has 0 spiro atoms. The van der Waals surface area contributed by atoms with E-state index in [1.54, 1.807) is 7.11 Å². The molecule has 0 aromatic heterocycles. The van der Waals surface area contributed by atoms with Gasteiger partial charge in [0.25, 0.3) is 0 Å². The standard InChI is InChI=1S/C24H39N3O2/c1-4-22(18-29-3)25-24(28)20-9-15-27(16-10-20)23-11-13-26(14-12-23)17-21-8-6-5-7-19(21)2/h5-8,20,22-23H,4,9-18H2,1-3H3,(H,25,28)/t22-/m1/s1. The predicted octanol–water partition coefficient (Wildman–Crippen LogP) is 3.21. The topological polar surface area (TPSA) is 44.8 Å². The van der Waals surface area contributed by atoms with Crippen LogP contribution in [0.4, 0.5) is 0 Å². The van der Waals surface area contributed by atoms with Gasteiger partial charge in [0, 0.05) is 25.6 Å². The second-order valence-corrected chi connectivity index (χ2v) is 8.81. The summed E-state index contributed by atoms with van der Waals surface area (Å²) in [6, 6.07) is 9.56. The molecule has 1 N–H and O–H groups in total. The van der Waals surface area contributed by atoms with Crippen molar-refractivity contribution in [1.29, 1.82) is 0 Å². The molecule has 1 amide bonds. The molecule has 0 saturated carbocycles. The van der Waals surface area contributed by atoms with Crippen LogP contribution in [0.2, 0.25) is 0 Å². The summed E-state index contributed by atoms with van der Waals surface area (Å²) in [5, 5.41) is 3.18. The summed E-state index contributed by atoms with van der Waals surface area (Å²) in [4.78, 5) is 17.8. The molecule has 1 aromatic carbocycles. The minimum Gasteiger partial charge on any atom is -0.383 e. The minimum atomic E-state index is 0.142. The number of nitrogens with zero attached hydrogens (tertiary/aromatic N) is 2. The molecule has 2 saturated heterocycles. The van der Waals surface area contributed by atoms with Crippen molar-refractivity contribution in [2.75, 3.05) is 39.9 Å². The van der Waals surface area contributed by atoms with Crippen LogP contribution in [0.5, 0.6) is 0 Å². The molecule has 2 aliphatic heterocycles. The molecule has 5 nitrogen and oxygen atoms in total. The van der Waals surface area contributed by atoms with Crippen LogP contribution >= 0.6 is 0 Å². The van der Waals surface area contributed by atoms with Gasteiger partial charge in [0.2, 0.25) is 5.91 Å². The minimum absolute atomic E-state index is 0.142. The highest BCUT2D eigenvalue weighted by Crippen LogP contribution is 2.25. The Bertz CT molecular complexity index is 635. The SMILES string of the molecule is CC[C@H](COC)NC(=O)C1CCN(C2CCN(Cc3ccccc3C)CC2)CC1. The first kappa shape index (κ1) is 22.3. The Morgan fingerprint density at radius 1 is 1.14 bits per heavy atom. The quantitative estimate of drug-likeness (QED) is 0.727. The number of likely N-dealkylation sites (tertiary alicyclic amines) is 2. The van der Waals surface area contributed by atoms with Gasteiger partial charge in [-0.25, -0.2) is 0 Å². The number of hydrogen-bond acceptors (Lipinski definition) is 4. The Hall–Kier alpha value is -1.43. The number of hydrogen-bond donors (Lipinski definition) is 1. The summed E-state index contributed by atoms with van der Waals surface area (Å²) in [6.07, 6.45) is 5.37. The number of carbonyl (C=O) groups is 1. The molecule has 1 atom stereocenters. The van der Waals surface area contributed by atoms with E-state index in [-0.39, 0.29) is 17.9 Å². The Morgan fingerprint density at radius 3 is 2.45 bits per heavy atom. The van der Waals surface area contributed by atoms with Gasteiger partial charge < -0.3 is 15.0 Å². The molecular weight excluding hydrogens is 362 g/mol. The molecule has 2 fully saturated rings. The van der Waals surface area contributed by atoms with Crippen LogP contribution in [0, 0.1) is 12.8 Å². The van der Waals surface area contributed by atoms with Crippen LogP contribution in [0.15, 0.2) is 24.3 Å². The summed E-state index contributed by atoms with van der Waals surface area (Å²) in [5.74, 6) is 0.389. The van der Waals surface area contributed by atoms with E-state index in [1.807, 2.05) is 0 Å². The van der Waals surface area contributed by atoms with Crippen molar-refractivity contribution in [3.8, 4) is 0 Å². The molecule has 3 rings (SSSR count). The summed E-state index contributed by atoms with van der Waals surface area (Å²) >= 11 is 0. The number of ether oxygens (including phenoxy) is 1. The van der Waals surface area contributed by atoms with Crippen LogP contribution in [-0.4, -0.2) is 67.7 Å².